The van der Waals surface area contributed by atoms with Crippen LogP contribution in [0.2, 0.25) is 0 Å². The van der Waals surface area contributed by atoms with Crippen molar-refractivity contribution in [2.45, 2.75) is 6.54 Å². The second kappa shape index (κ2) is 9.90. The van der Waals surface area contributed by atoms with Crippen LogP contribution in [0.15, 0.2) is 77.4 Å². The summed E-state index contributed by atoms with van der Waals surface area (Å²) in [6, 6.07) is 19.6. The van der Waals surface area contributed by atoms with Gasteiger partial charge in [-0.05, 0) is 64.0 Å². The highest BCUT2D eigenvalue weighted by molar-refractivity contribution is 9.10. The van der Waals surface area contributed by atoms with Crippen molar-refractivity contribution in [3.63, 3.8) is 0 Å². The number of benzene rings is 2. The van der Waals surface area contributed by atoms with Crippen molar-refractivity contribution in [1.29, 1.82) is 0 Å². The maximum atomic E-state index is 12.1. The molecule has 2 aromatic carbocycles. The normalized spacial score (nSPS) is 10.1. The predicted octanol–water partition coefficient (Wildman–Crippen LogP) is 3.90. The van der Waals surface area contributed by atoms with Crippen LogP contribution in [-0.4, -0.2) is 21.9 Å². The molecule has 3 rings (SSSR count). The van der Waals surface area contributed by atoms with Crippen LogP contribution in [0.4, 0.5) is 5.82 Å². The van der Waals surface area contributed by atoms with Crippen LogP contribution in [0.25, 0.3) is 0 Å². The molecule has 0 atom stereocenters. The van der Waals surface area contributed by atoms with E-state index in [1.54, 1.807) is 42.6 Å². The van der Waals surface area contributed by atoms with Gasteiger partial charge in [-0.15, -0.1) is 0 Å². The zero-order valence-electron chi connectivity index (χ0n) is 15.2. The summed E-state index contributed by atoms with van der Waals surface area (Å²) in [6.07, 6.45) is 1.62. The number of carbonyl (C=O) groups excluding carboxylic acids is 2. The number of pyridine rings is 1. The monoisotopic (exact) mass is 468 g/mol. The van der Waals surface area contributed by atoms with Gasteiger partial charge < -0.3 is 10.6 Å². The Balaban J connectivity index is 1.55. The molecule has 0 spiro atoms. The van der Waals surface area contributed by atoms with Gasteiger partial charge in [-0.1, -0.05) is 36.4 Å². The van der Waals surface area contributed by atoms with Crippen molar-refractivity contribution in [1.82, 2.24) is 15.6 Å². The molecular formula is C21H17BrN4O2S. The summed E-state index contributed by atoms with van der Waals surface area (Å²) in [4.78, 5) is 28.6. The van der Waals surface area contributed by atoms with E-state index in [-0.39, 0.29) is 16.9 Å². The van der Waals surface area contributed by atoms with Crippen LogP contribution >= 0.6 is 28.1 Å². The molecule has 0 saturated carbocycles. The Bertz CT molecular complexity index is 1030. The van der Waals surface area contributed by atoms with Gasteiger partial charge in [0.2, 0.25) is 0 Å². The molecule has 0 bridgehead atoms. The second-order valence-corrected chi connectivity index (χ2v) is 7.26. The number of hydrogen-bond donors (Lipinski definition) is 3. The van der Waals surface area contributed by atoms with E-state index in [0.29, 0.717) is 28.0 Å². The van der Waals surface area contributed by atoms with Gasteiger partial charge in [-0.25, -0.2) is 4.98 Å². The second-order valence-electron chi connectivity index (χ2n) is 6.00. The number of anilines is 1. The molecule has 3 aromatic rings. The molecule has 1 aromatic heterocycles. The highest BCUT2D eigenvalue weighted by Crippen LogP contribution is 2.21. The van der Waals surface area contributed by atoms with Gasteiger partial charge in [0.1, 0.15) is 5.82 Å². The topological polar surface area (TPSA) is 83.1 Å². The standard InChI is InChI=1S/C21H17BrN4O2S/c22-17-11-14(13-24-19(27)15-7-3-1-4-8-15)12-23-18(17)25-21(29)26-20(28)16-9-5-2-6-10-16/h1-12H,13H2,(H,24,27)(H2,23,25,26,28,29). The van der Waals surface area contributed by atoms with E-state index >= 15 is 0 Å². The summed E-state index contributed by atoms with van der Waals surface area (Å²) in [7, 11) is 0. The lowest BCUT2D eigenvalue weighted by molar-refractivity contribution is 0.0948. The van der Waals surface area contributed by atoms with E-state index in [0.717, 1.165) is 5.56 Å². The molecule has 2 amide bonds. The first-order valence-corrected chi connectivity index (χ1v) is 9.88. The molecule has 3 N–H and O–H groups in total. The van der Waals surface area contributed by atoms with Crippen molar-refractivity contribution in [3.8, 4) is 0 Å². The minimum absolute atomic E-state index is 0.136. The summed E-state index contributed by atoms with van der Waals surface area (Å²) in [6.45, 7) is 0.328. The summed E-state index contributed by atoms with van der Waals surface area (Å²) in [5.41, 5.74) is 1.91. The first-order chi connectivity index (χ1) is 14.0. The van der Waals surface area contributed by atoms with Crippen molar-refractivity contribution in [2.24, 2.45) is 0 Å². The smallest absolute Gasteiger partial charge is 0.257 e. The molecule has 0 aliphatic heterocycles. The van der Waals surface area contributed by atoms with Gasteiger partial charge in [0.15, 0.2) is 5.11 Å². The maximum Gasteiger partial charge on any atom is 0.257 e. The van der Waals surface area contributed by atoms with Crippen molar-refractivity contribution >= 4 is 50.9 Å². The van der Waals surface area contributed by atoms with E-state index in [1.165, 1.54) is 0 Å². The molecule has 0 unspecified atom stereocenters. The van der Waals surface area contributed by atoms with Gasteiger partial charge in [-0.3, -0.25) is 14.9 Å². The average molecular weight is 469 g/mol. The molecule has 0 aliphatic rings. The number of hydrogen-bond acceptors (Lipinski definition) is 4. The Kier molecular flexibility index (Phi) is 7.04. The summed E-state index contributed by atoms with van der Waals surface area (Å²) in [5, 5.41) is 8.47. The number of rotatable bonds is 5. The molecule has 0 fully saturated rings. The first-order valence-electron chi connectivity index (χ1n) is 8.68. The van der Waals surface area contributed by atoms with Crippen LogP contribution in [-0.2, 0) is 6.54 Å². The number of halogens is 1. The first kappa shape index (κ1) is 20.6. The Hall–Kier alpha value is -3.10. The zero-order chi connectivity index (χ0) is 20.6. The van der Waals surface area contributed by atoms with Gasteiger partial charge in [-0.2, -0.15) is 0 Å². The Morgan fingerprint density at radius 3 is 2.10 bits per heavy atom. The lowest BCUT2D eigenvalue weighted by Gasteiger charge is -2.11. The zero-order valence-corrected chi connectivity index (χ0v) is 17.6. The number of thiocarbonyl (C=S) groups is 1. The number of nitrogens with zero attached hydrogens (tertiary/aromatic N) is 1. The van der Waals surface area contributed by atoms with Gasteiger partial charge in [0.25, 0.3) is 11.8 Å². The summed E-state index contributed by atoms with van der Waals surface area (Å²) in [5.74, 6) is -0.00492. The van der Waals surface area contributed by atoms with Crippen LogP contribution in [0.3, 0.4) is 0 Å². The average Bonchev–Trinajstić information content (AvgIpc) is 2.75. The van der Waals surface area contributed by atoms with Gasteiger partial charge in [0.05, 0.1) is 4.47 Å². The fourth-order valence-electron chi connectivity index (χ4n) is 2.44. The molecule has 146 valence electrons. The third-order valence-corrected chi connectivity index (χ3v) is 4.69. The Morgan fingerprint density at radius 2 is 1.52 bits per heavy atom. The minimum Gasteiger partial charge on any atom is -0.348 e. The largest absolute Gasteiger partial charge is 0.348 e. The van der Waals surface area contributed by atoms with Crippen LogP contribution < -0.4 is 16.0 Å². The Morgan fingerprint density at radius 1 is 0.931 bits per heavy atom. The third-order valence-electron chi connectivity index (χ3n) is 3.88. The van der Waals surface area contributed by atoms with Crippen LogP contribution in [0, 0.1) is 0 Å². The molecule has 1 heterocycles. The molecule has 6 nitrogen and oxygen atoms in total. The fourth-order valence-corrected chi connectivity index (χ4v) is 3.13. The number of aromatic nitrogens is 1. The minimum atomic E-state index is -0.306. The predicted molar refractivity (Wildman–Crippen MR) is 120 cm³/mol. The molecule has 8 heteroatoms. The van der Waals surface area contributed by atoms with Crippen LogP contribution in [0.5, 0.6) is 0 Å². The lowest BCUT2D eigenvalue weighted by atomic mass is 10.2. The SMILES string of the molecule is O=C(NCc1cnc(NC(=S)NC(=O)c2ccccc2)c(Br)c1)c1ccccc1. The fraction of sp³-hybridized carbons (Fsp3) is 0.0476. The molecule has 0 radical (unpaired) electrons. The van der Waals surface area contributed by atoms with E-state index in [9.17, 15) is 9.59 Å². The van der Waals surface area contributed by atoms with E-state index in [2.05, 4.69) is 36.9 Å². The number of nitrogens with one attached hydrogen (secondary N) is 3. The van der Waals surface area contributed by atoms with Gasteiger partial charge >= 0.3 is 0 Å². The van der Waals surface area contributed by atoms with E-state index in [4.69, 9.17) is 12.2 Å². The molecule has 29 heavy (non-hydrogen) atoms. The summed E-state index contributed by atoms with van der Waals surface area (Å²) >= 11 is 8.61. The highest BCUT2D eigenvalue weighted by atomic mass is 79.9. The van der Waals surface area contributed by atoms with Crippen LogP contribution in [0.1, 0.15) is 26.3 Å². The van der Waals surface area contributed by atoms with E-state index in [1.807, 2.05) is 30.3 Å². The number of carbonyl (C=O) groups is 2. The quantitative estimate of drug-likeness (QED) is 0.494. The third kappa shape index (κ3) is 5.94. The summed E-state index contributed by atoms with van der Waals surface area (Å²) < 4.78 is 0.653. The molecule has 0 aliphatic carbocycles. The molecule has 0 saturated heterocycles. The highest BCUT2D eigenvalue weighted by Gasteiger charge is 2.10. The van der Waals surface area contributed by atoms with Crippen molar-refractivity contribution < 1.29 is 9.59 Å². The maximum absolute atomic E-state index is 12.1. The van der Waals surface area contributed by atoms with E-state index < -0.39 is 0 Å². The van der Waals surface area contributed by atoms with Crippen molar-refractivity contribution in [3.05, 3.63) is 94.1 Å². The Labute approximate surface area is 181 Å². The van der Waals surface area contributed by atoms with Gasteiger partial charge in [0, 0.05) is 23.9 Å². The number of amides is 2. The lowest BCUT2D eigenvalue weighted by Crippen LogP contribution is -2.34. The van der Waals surface area contributed by atoms with Crippen molar-refractivity contribution in [2.75, 3.05) is 5.32 Å². The molecular weight excluding hydrogens is 452 g/mol.